The first kappa shape index (κ1) is 19.2. The van der Waals surface area contributed by atoms with Crippen LogP contribution in [0.2, 0.25) is 0 Å². The molecule has 158 valence electrons. The first-order chi connectivity index (χ1) is 14.5. The lowest BCUT2D eigenvalue weighted by Crippen LogP contribution is -2.52. The number of nitrogens with zero attached hydrogens (tertiary/aromatic N) is 3. The standard InChI is InChI=1S/C21H21F3N4O2/c22-21(23,24)18-12-28-7-3-5-15(20(28)26-18)25-19-14-4-1-2-6-17(14)30-13-16(19)27-8-10-29-11-9-27/h1-7,12,16,19,25H,8-11,13H2/t16-,19-/m0/s1. The average molecular weight is 418 g/mol. The second-order valence-electron chi connectivity index (χ2n) is 7.46. The van der Waals surface area contributed by atoms with Crippen molar-refractivity contribution in [3.8, 4) is 5.75 Å². The molecule has 4 heterocycles. The SMILES string of the molecule is FC(F)(F)c1cn2cccc(N[C@H]3c4ccccc4OC[C@@H]3N3CCOCC3)c2n1. The molecule has 5 rings (SSSR count). The zero-order valence-electron chi connectivity index (χ0n) is 16.1. The van der Waals surface area contributed by atoms with E-state index in [-0.39, 0.29) is 17.7 Å². The summed E-state index contributed by atoms with van der Waals surface area (Å²) in [4.78, 5) is 6.16. The lowest BCUT2D eigenvalue weighted by molar-refractivity contribution is -0.140. The smallest absolute Gasteiger partial charge is 0.434 e. The molecule has 2 aliphatic rings. The number of benzene rings is 1. The van der Waals surface area contributed by atoms with Crippen molar-refractivity contribution in [1.82, 2.24) is 14.3 Å². The number of para-hydroxylation sites is 1. The lowest BCUT2D eigenvalue weighted by atomic mass is 9.94. The Morgan fingerprint density at radius 3 is 2.67 bits per heavy atom. The normalized spacial score (nSPS) is 22.5. The highest BCUT2D eigenvalue weighted by Crippen LogP contribution is 2.38. The summed E-state index contributed by atoms with van der Waals surface area (Å²) in [6, 6.07) is 11.1. The average Bonchev–Trinajstić information content (AvgIpc) is 3.21. The molecule has 0 unspecified atom stereocenters. The Morgan fingerprint density at radius 1 is 1.07 bits per heavy atom. The fourth-order valence-electron chi connectivity index (χ4n) is 4.18. The van der Waals surface area contributed by atoms with Gasteiger partial charge in [-0.3, -0.25) is 4.90 Å². The van der Waals surface area contributed by atoms with Crippen LogP contribution in [0.5, 0.6) is 5.75 Å². The molecule has 0 spiro atoms. The van der Waals surface area contributed by atoms with Crippen LogP contribution in [0, 0.1) is 0 Å². The third-order valence-electron chi connectivity index (χ3n) is 5.65. The van der Waals surface area contributed by atoms with Crippen molar-refractivity contribution in [2.24, 2.45) is 0 Å². The Labute approximate surface area is 171 Å². The number of nitrogens with one attached hydrogen (secondary N) is 1. The maximum absolute atomic E-state index is 13.2. The van der Waals surface area contributed by atoms with Crippen molar-refractivity contribution in [2.75, 3.05) is 38.2 Å². The zero-order chi connectivity index (χ0) is 20.7. The molecule has 1 saturated heterocycles. The number of pyridine rings is 1. The van der Waals surface area contributed by atoms with Crippen LogP contribution in [0.25, 0.3) is 5.65 Å². The van der Waals surface area contributed by atoms with Gasteiger partial charge in [0.25, 0.3) is 0 Å². The third-order valence-corrected chi connectivity index (χ3v) is 5.65. The van der Waals surface area contributed by atoms with Gasteiger partial charge in [0.15, 0.2) is 11.3 Å². The van der Waals surface area contributed by atoms with E-state index in [1.807, 2.05) is 24.3 Å². The Hall–Kier alpha value is -2.78. The van der Waals surface area contributed by atoms with Crippen molar-refractivity contribution in [2.45, 2.75) is 18.3 Å². The van der Waals surface area contributed by atoms with E-state index in [9.17, 15) is 13.2 Å². The van der Waals surface area contributed by atoms with Crippen LogP contribution in [-0.4, -0.2) is 53.2 Å². The summed E-state index contributed by atoms with van der Waals surface area (Å²) in [5, 5.41) is 3.48. The first-order valence-corrected chi connectivity index (χ1v) is 9.86. The maximum atomic E-state index is 13.2. The number of imidazole rings is 1. The molecule has 1 fully saturated rings. The van der Waals surface area contributed by atoms with Crippen molar-refractivity contribution >= 4 is 11.3 Å². The van der Waals surface area contributed by atoms with Gasteiger partial charge in [-0.25, -0.2) is 4.98 Å². The van der Waals surface area contributed by atoms with E-state index < -0.39 is 11.9 Å². The van der Waals surface area contributed by atoms with Crippen LogP contribution < -0.4 is 10.1 Å². The summed E-state index contributed by atoms with van der Waals surface area (Å²) >= 11 is 0. The van der Waals surface area contributed by atoms with Crippen LogP contribution >= 0.6 is 0 Å². The second-order valence-corrected chi connectivity index (χ2v) is 7.46. The van der Waals surface area contributed by atoms with Gasteiger partial charge >= 0.3 is 6.18 Å². The second kappa shape index (κ2) is 7.48. The highest BCUT2D eigenvalue weighted by Gasteiger charge is 2.37. The molecule has 0 amide bonds. The summed E-state index contributed by atoms with van der Waals surface area (Å²) in [6.45, 7) is 3.34. The van der Waals surface area contributed by atoms with Crippen LogP contribution in [0.4, 0.5) is 18.9 Å². The number of halogens is 3. The Morgan fingerprint density at radius 2 is 1.87 bits per heavy atom. The molecule has 2 aliphatic heterocycles. The molecular formula is C21H21F3N4O2. The van der Waals surface area contributed by atoms with Gasteiger partial charge in [-0.2, -0.15) is 13.2 Å². The molecule has 0 radical (unpaired) electrons. The Kier molecular flexibility index (Phi) is 4.79. The van der Waals surface area contributed by atoms with E-state index in [0.29, 0.717) is 25.5 Å². The molecule has 2 aromatic heterocycles. The monoisotopic (exact) mass is 418 g/mol. The summed E-state index contributed by atoms with van der Waals surface area (Å²) in [5.74, 6) is 0.783. The number of rotatable bonds is 3. The zero-order valence-corrected chi connectivity index (χ0v) is 16.1. The third kappa shape index (κ3) is 3.48. The summed E-state index contributed by atoms with van der Waals surface area (Å²) in [5.41, 5.74) is 0.862. The number of anilines is 1. The highest BCUT2D eigenvalue weighted by molar-refractivity contribution is 5.69. The minimum Gasteiger partial charge on any atom is -0.491 e. The molecule has 0 saturated carbocycles. The van der Waals surface area contributed by atoms with Crippen molar-refractivity contribution < 1.29 is 22.6 Å². The van der Waals surface area contributed by atoms with Crippen molar-refractivity contribution in [3.05, 3.63) is 60.0 Å². The first-order valence-electron chi connectivity index (χ1n) is 9.86. The largest absolute Gasteiger partial charge is 0.491 e. The van der Waals surface area contributed by atoms with E-state index >= 15 is 0 Å². The fourth-order valence-corrected chi connectivity index (χ4v) is 4.18. The summed E-state index contributed by atoms with van der Waals surface area (Å²) in [7, 11) is 0. The Balaban J connectivity index is 1.54. The van der Waals surface area contributed by atoms with E-state index in [2.05, 4.69) is 15.2 Å². The molecule has 0 bridgehead atoms. The number of ether oxygens (including phenoxy) is 2. The number of hydrogen-bond acceptors (Lipinski definition) is 5. The predicted octanol–water partition coefficient (Wildman–Crippen LogP) is 3.60. The van der Waals surface area contributed by atoms with Gasteiger partial charge in [0.1, 0.15) is 12.4 Å². The molecular weight excluding hydrogens is 397 g/mol. The van der Waals surface area contributed by atoms with Gasteiger partial charge in [0.2, 0.25) is 0 Å². The molecule has 0 aliphatic carbocycles. The molecule has 2 atom stereocenters. The molecule has 30 heavy (non-hydrogen) atoms. The van der Waals surface area contributed by atoms with E-state index in [4.69, 9.17) is 9.47 Å². The van der Waals surface area contributed by atoms with Crippen LogP contribution in [0.1, 0.15) is 17.3 Å². The fraction of sp³-hybridized carbons (Fsp3) is 0.381. The number of morpholine rings is 1. The number of aromatic nitrogens is 2. The predicted molar refractivity (Wildman–Crippen MR) is 105 cm³/mol. The van der Waals surface area contributed by atoms with Crippen LogP contribution in [-0.2, 0) is 10.9 Å². The molecule has 1 N–H and O–H groups in total. The highest BCUT2D eigenvalue weighted by atomic mass is 19.4. The van der Waals surface area contributed by atoms with Crippen LogP contribution in [0.15, 0.2) is 48.8 Å². The Bertz CT molecular complexity index is 1050. The topological polar surface area (TPSA) is 51.0 Å². The minimum atomic E-state index is -4.50. The quantitative estimate of drug-likeness (QED) is 0.705. The summed E-state index contributed by atoms with van der Waals surface area (Å²) in [6.07, 6.45) is -1.91. The minimum absolute atomic E-state index is 0.0149. The molecule has 1 aromatic carbocycles. The molecule has 6 nitrogen and oxygen atoms in total. The molecule has 9 heteroatoms. The van der Waals surface area contributed by atoms with E-state index in [1.165, 1.54) is 4.40 Å². The number of hydrogen-bond donors (Lipinski definition) is 1. The molecule has 3 aromatic rings. The maximum Gasteiger partial charge on any atom is 0.434 e. The number of alkyl halides is 3. The van der Waals surface area contributed by atoms with Gasteiger partial charge in [-0.1, -0.05) is 18.2 Å². The van der Waals surface area contributed by atoms with E-state index in [0.717, 1.165) is 30.6 Å². The van der Waals surface area contributed by atoms with Crippen molar-refractivity contribution in [3.63, 3.8) is 0 Å². The number of fused-ring (bicyclic) bond motifs is 2. The summed E-state index contributed by atoms with van der Waals surface area (Å²) < 4.78 is 52.4. The van der Waals surface area contributed by atoms with Crippen molar-refractivity contribution in [1.29, 1.82) is 0 Å². The van der Waals surface area contributed by atoms with E-state index in [1.54, 1.807) is 18.3 Å². The van der Waals surface area contributed by atoms with Gasteiger partial charge < -0.3 is 19.2 Å². The lowest BCUT2D eigenvalue weighted by Gasteiger charge is -2.42. The van der Waals surface area contributed by atoms with Gasteiger partial charge in [0, 0.05) is 31.0 Å². The van der Waals surface area contributed by atoms with Gasteiger partial charge in [-0.15, -0.1) is 0 Å². The van der Waals surface area contributed by atoms with Gasteiger partial charge in [-0.05, 0) is 18.2 Å². The van der Waals surface area contributed by atoms with Crippen LogP contribution in [0.3, 0.4) is 0 Å². The van der Waals surface area contributed by atoms with Gasteiger partial charge in [0.05, 0.1) is 31.0 Å².